The maximum atomic E-state index is 13.5. The summed E-state index contributed by atoms with van der Waals surface area (Å²) in [7, 11) is 0. The van der Waals surface area contributed by atoms with Gasteiger partial charge in [0.05, 0.1) is 5.75 Å². The first-order valence-electron chi connectivity index (χ1n) is 8.96. The molecule has 0 aliphatic carbocycles. The van der Waals surface area contributed by atoms with Crippen LogP contribution in [0, 0.1) is 12.7 Å². The zero-order valence-corrected chi connectivity index (χ0v) is 16.5. The molecule has 0 atom stereocenters. The van der Waals surface area contributed by atoms with Crippen molar-refractivity contribution in [3.63, 3.8) is 0 Å². The van der Waals surface area contributed by atoms with E-state index in [9.17, 15) is 9.18 Å². The highest BCUT2D eigenvalue weighted by molar-refractivity contribution is 7.99. The standard InChI is InChI=1S/C21H18FN3O3S/c1-13-7-20(25-21(24-13)15-3-2-4-16(22)9-15)29-11-19(26)23-10-14-5-6-17-18(8-14)28-12-27-17/h2-9H,10-12H2,1H3,(H,23,26). The van der Waals surface area contributed by atoms with Crippen molar-refractivity contribution in [2.24, 2.45) is 0 Å². The molecule has 1 N–H and O–H groups in total. The van der Waals surface area contributed by atoms with Crippen LogP contribution in [0.4, 0.5) is 4.39 Å². The van der Waals surface area contributed by atoms with Gasteiger partial charge in [-0.1, -0.05) is 30.0 Å². The van der Waals surface area contributed by atoms with E-state index in [0.717, 1.165) is 11.3 Å². The van der Waals surface area contributed by atoms with E-state index in [1.807, 2.05) is 25.1 Å². The van der Waals surface area contributed by atoms with Gasteiger partial charge in [-0.2, -0.15) is 0 Å². The fourth-order valence-corrected chi connectivity index (χ4v) is 3.60. The van der Waals surface area contributed by atoms with Gasteiger partial charge in [0.25, 0.3) is 0 Å². The molecule has 3 aromatic rings. The van der Waals surface area contributed by atoms with Gasteiger partial charge in [-0.05, 0) is 42.8 Å². The first kappa shape index (κ1) is 19.2. The highest BCUT2D eigenvalue weighted by atomic mass is 32.2. The van der Waals surface area contributed by atoms with Crippen molar-refractivity contribution in [1.29, 1.82) is 0 Å². The minimum atomic E-state index is -0.343. The first-order chi connectivity index (χ1) is 14.1. The van der Waals surface area contributed by atoms with Crippen LogP contribution < -0.4 is 14.8 Å². The number of carbonyl (C=O) groups is 1. The lowest BCUT2D eigenvalue weighted by Gasteiger charge is -2.08. The molecule has 29 heavy (non-hydrogen) atoms. The molecule has 0 spiro atoms. The number of hydrogen-bond donors (Lipinski definition) is 1. The Balaban J connectivity index is 1.35. The van der Waals surface area contributed by atoms with E-state index in [4.69, 9.17) is 9.47 Å². The summed E-state index contributed by atoms with van der Waals surface area (Å²) in [6, 6.07) is 13.5. The summed E-state index contributed by atoms with van der Waals surface area (Å²) in [6.07, 6.45) is 0. The third kappa shape index (κ3) is 4.83. The van der Waals surface area contributed by atoms with Crippen LogP contribution in [0.25, 0.3) is 11.4 Å². The van der Waals surface area contributed by atoms with Crippen molar-refractivity contribution < 1.29 is 18.7 Å². The molecular formula is C21H18FN3O3S. The fourth-order valence-electron chi connectivity index (χ4n) is 2.81. The third-order valence-electron chi connectivity index (χ3n) is 4.19. The van der Waals surface area contributed by atoms with Gasteiger partial charge in [0.2, 0.25) is 12.7 Å². The number of nitrogens with one attached hydrogen (secondary N) is 1. The molecule has 148 valence electrons. The van der Waals surface area contributed by atoms with Crippen LogP contribution in [-0.2, 0) is 11.3 Å². The molecule has 8 heteroatoms. The fraction of sp³-hybridized carbons (Fsp3) is 0.190. The van der Waals surface area contributed by atoms with Gasteiger partial charge < -0.3 is 14.8 Å². The van der Waals surface area contributed by atoms with Gasteiger partial charge in [0.1, 0.15) is 10.8 Å². The highest BCUT2D eigenvalue weighted by Gasteiger charge is 2.14. The van der Waals surface area contributed by atoms with Crippen molar-refractivity contribution in [1.82, 2.24) is 15.3 Å². The summed E-state index contributed by atoms with van der Waals surface area (Å²) in [6.45, 7) is 2.46. The predicted molar refractivity (Wildman–Crippen MR) is 107 cm³/mol. The normalized spacial score (nSPS) is 12.1. The second-order valence-electron chi connectivity index (χ2n) is 6.43. The molecule has 0 fully saturated rings. The predicted octanol–water partition coefficient (Wildman–Crippen LogP) is 3.73. The third-order valence-corrected chi connectivity index (χ3v) is 5.10. The van der Waals surface area contributed by atoms with Crippen molar-refractivity contribution in [3.8, 4) is 22.9 Å². The number of ether oxygens (including phenoxy) is 2. The van der Waals surface area contributed by atoms with Gasteiger partial charge in [-0.15, -0.1) is 0 Å². The lowest BCUT2D eigenvalue weighted by Crippen LogP contribution is -2.24. The Kier molecular flexibility index (Phi) is 5.62. The molecule has 1 aromatic heterocycles. The Morgan fingerprint density at radius 2 is 2.00 bits per heavy atom. The Bertz CT molecular complexity index is 1060. The summed E-state index contributed by atoms with van der Waals surface area (Å²) in [4.78, 5) is 21.0. The average Bonchev–Trinajstić information content (AvgIpc) is 3.18. The van der Waals surface area contributed by atoms with E-state index in [-0.39, 0.29) is 24.3 Å². The van der Waals surface area contributed by atoms with Gasteiger partial charge in [0.15, 0.2) is 17.3 Å². The second-order valence-corrected chi connectivity index (χ2v) is 7.43. The molecule has 2 heterocycles. The zero-order chi connectivity index (χ0) is 20.2. The monoisotopic (exact) mass is 411 g/mol. The minimum absolute atomic E-state index is 0.115. The largest absolute Gasteiger partial charge is 0.454 e. The summed E-state index contributed by atoms with van der Waals surface area (Å²) >= 11 is 1.31. The number of aromatic nitrogens is 2. The van der Waals surface area contributed by atoms with Gasteiger partial charge in [0, 0.05) is 17.8 Å². The summed E-state index contributed by atoms with van der Waals surface area (Å²) in [5.41, 5.74) is 2.28. The maximum absolute atomic E-state index is 13.5. The molecule has 0 saturated heterocycles. The Hall–Kier alpha value is -3.13. The molecule has 2 aromatic carbocycles. The number of fused-ring (bicyclic) bond motifs is 1. The number of thioether (sulfide) groups is 1. The van der Waals surface area contributed by atoms with Crippen molar-refractivity contribution >= 4 is 17.7 Å². The van der Waals surface area contributed by atoms with Gasteiger partial charge >= 0.3 is 0 Å². The van der Waals surface area contributed by atoms with Gasteiger partial charge in [-0.25, -0.2) is 14.4 Å². The van der Waals surface area contributed by atoms with E-state index in [2.05, 4.69) is 15.3 Å². The number of hydrogen-bond acceptors (Lipinski definition) is 6. The second kappa shape index (κ2) is 8.48. The zero-order valence-electron chi connectivity index (χ0n) is 15.6. The van der Waals surface area contributed by atoms with E-state index in [0.29, 0.717) is 34.5 Å². The molecule has 0 unspecified atom stereocenters. The van der Waals surface area contributed by atoms with Crippen LogP contribution in [-0.4, -0.2) is 28.4 Å². The Labute approximate surface area is 171 Å². The van der Waals surface area contributed by atoms with Crippen molar-refractivity contribution in [2.45, 2.75) is 18.5 Å². The van der Waals surface area contributed by atoms with Crippen LogP contribution in [0.15, 0.2) is 53.6 Å². The quantitative estimate of drug-likeness (QED) is 0.492. The lowest BCUT2D eigenvalue weighted by molar-refractivity contribution is -0.118. The smallest absolute Gasteiger partial charge is 0.231 e. The van der Waals surface area contributed by atoms with E-state index < -0.39 is 0 Å². The summed E-state index contributed by atoms with van der Waals surface area (Å²) in [5.74, 6) is 1.59. The first-order valence-corrected chi connectivity index (χ1v) is 9.95. The summed E-state index contributed by atoms with van der Waals surface area (Å²) in [5, 5.41) is 3.54. The number of nitrogens with zero attached hydrogens (tertiary/aromatic N) is 2. The molecule has 0 bridgehead atoms. The van der Waals surface area contributed by atoms with Crippen LogP contribution in [0.5, 0.6) is 11.5 Å². The molecule has 0 radical (unpaired) electrons. The van der Waals surface area contributed by atoms with Crippen molar-refractivity contribution in [3.05, 3.63) is 65.6 Å². The van der Waals surface area contributed by atoms with E-state index in [1.54, 1.807) is 18.2 Å². The number of halogens is 1. The number of rotatable bonds is 6. The van der Waals surface area contributed by atoms with E-state index in [1.165, 1.54) is 23.9 Å². The highest BCUT2D eigenvalue weighted by Crippen LogP contribution is 2.32. The number of benzene rings is 2. The van der Waals surface area contributed by atoms with Crippen LogP contribution in [0.1, 0.15) is 11.3 Å². The van der Waals surface area contributed by atoms with Gasteiger partial charge in [-0.3, -0.25) is 4.79 Å². The minimum Gasteiger partial charge on any atom is -0.454 e. The molecular weight excluding hydrogens is 393 g/mol. The number of aryl methyl sites for hydroxylation is 1. The molecule has 0 saturated carbocycles. The Morgan fingerprint density at radius 3 is 2.86 bits per heavy atom. The van der Waals surface area contributed by atoms with Crippen LogP contribution in [0.2, 0.25) is 0 Å². The van der Waals surface area contributed by atoms with Crippen molar-refractivity contribution in [2.75, 3.05) is 12.5 Å². The average molecular weight is 411 g/mol. The molecule has 1 amide bonds. The summed E-state index contributed by atoms with van der Waals surface area (Å²) < 4.78 is 24.1. The topological polar surface area (TPSA) is 73.3 Å². The molecule has 1 aliphatic heterocycles. The Morgan fingerprint density at radius 1 is 1.14 bits per heavy atom. The van der Waals surface area contributed by atoms with Crippen LogP contribution in [0.3, 0.4) is 0 Å². The molecule has 4 rings (SSSR count). The number of carbonyl (C=O) groups excluding carboxylic acids is 1. The van der Waals surface area contributed by atoms with Crippen LogP contribution >= 0.6 is 11.8 Å². The van der Waals surface area contributed by atoms with E-state index >= 15 is 0 Å². The molecule has 1 aliphatic rings. The molecule has 6 nitrogen and oxygen atoms in total. The maximum Gasteiger partial charge on any atom is 0.231 e. The lowest BCUT2D eigenvalue weighted by atomic mass is 10.2. The number of amides is 1. The SMILES string of the molecule is Cc1cc(SCC(=O)NCc2ccc3c(c2)OCO3)nc(-c2cccc(F)c2)n1.